The molecule has 0 saturated heterocycles. The number of hydrogen-bond acceptors (Lipinski definition) is 5. The third kappa shape index (κ3) is 2.92. The summed E-state index contributed by atoms with van der Waals surface area (Å²) in [6.07, 6.45) is 0. The van der Waals surface area contributed by atoms with Gasteiger partial charge in [0.1, 0.15) is 4.90 Å². The van der Waals surface area contributed by atoms with Crippen LogP contribution in [0.4, 0.5) is 5.69 Å². The number of aromatic nitrogens is 4. The molecule has 0 fully saturated rings. The molecule has 0 radical (unpaired) electrons. The third-order valence-electron chi connectivity index (χ3n) is 2.87. The van der Waals surface area contributed by atoms with E-state index in [0.29, 0.717) is 11.5 Å². The first-order valence-electron chi connectivity index (χ1n) is 6.17. The van der Waals surface area contributed by atoms with Gasteiger partial charge in [0.25, 0.3) is 10.0 Å². The largest absolute Gasteiger partial charge is 0.280 e. The number of benzene rings is 2. The predicted molar refractivity (Wildman–Crippen MR) is 81.9 cm³/mol. The number of hydrogen-bond donors (Lipinski definition) is 2. The van der Waals surface area contributed by atoms with Gasteiger partial charge in [-0.2, -0.15) is 5.21 Å². The van der Waals surface area contributed by atoms with Gasteiger partial charge >= 0.3 is 0 Å². The van der Waals surface area contributed by atoms with E-state index in [1.54, 1.807) is 36.4 Å². The Morgan fingerprint density at radius 3 is 2.41 bits per heavy atom. The van der Waals surface area contributed by atoms with Crippen LogP contribution in [0, 0.1) is 0 Å². The maximum Gasteiger partial charge on any atom is 0.263 e. The smallest absolute Gasteiger partial charge is 0.263 e. The number of anilines is 1. The molecule has 1 aromatic heterocycles. The minimum atomic E-state index is -3.74. The molecular formula is C13H10ClN5O2S. The highest BCUT2D eigenvalue weighted by atomic mass is 35.5. The Morgan fingerprint density at radius 2 is 1.77 bits per heavy atom. The summed E-state index contributed by atoms with van der Waals surface area (Å²) in [5.41, 5.74) is 1.13. The van der Waals surface area contributed by atoms with Crippen LogP contribution in [0.2, 0.25) is 5.02 Å². The molecule has 0 aliphatic heterocycles. The van der Waals surface area contributed by atoms with Crippen molar-refractivity contribution in [1.82, 2.24) is 20.6 Å². The Kier molecular flexibility index (Phi) is 3.78. The number of nitrogens with zero attached hydrogens (tertiary/aromatic N) is 3. The number of nitrogens with one attached hydrogen (secondary N) is 2. The minimum absolute atomic E-state index is 0.0268. The topological polar surface area (TPSA) is 101 Å². The van der Waals surface area contributed by atoms with Gasteiger partial charge < -0.3 is 0 Å². The molecule has 3 rings (SSSR count). The maximum atomic E-state index is 12.3. The van der Waals surface area contributed by atoms with Gasteiger partial charge in [0.2, 0.25) is 5.82 Å². The summed E-state index contributed by atoms with van der Waals surface area (Å²) in [4.78, 5) is 0.0268. The minimum Gasteiger partial charge on any atom is -0.280 e. The van der Waals surface area contributed by atoms with E-state index >= 15 is 0 Å². The molecule has 22 heavy (non-hydrogen) atoms. The molecule has 0 aliphatic rings. The summed E-state index contributed by atoms with van der Waals surface area (Å²) in [5, 5.41) is 13.7. The molecule has 0 spiro atoms. The molecule has 112 valence electrons. The van der Waals surface area contributed by atoms with E-state index in [9.17, 15) is 8.42 Å². The number of rotatable bonds is 4. The molecule has 0 saturated carbocycles. The molecule has 2 N–H and O–H groups in total. The van der Waals surface area contributed by atoms with Crippen LogP contribution in [0.3, 0.4) is 0 Å². The van der Waals surface area contributed by atoms with Crippen molar-refractivity contribution in [3.63, 3.8) is 0 Å². The number of tetrazole rings is 1. The Hall–Kier alpha value is -2.45. The fourth-order valence-corrected chi connectivity index (χ4v) is 3.42. The summed E-state index contributed by atoms with van der Waals surface area (Å²) < 4.78 is 27.1. The van der Waals surface area contributed by atoms with Crippen LogP contribution < -0.4 is 4.72 Å². The second-order valence-corrected chi connectivity index (χ2v) is 6.41. The van der Waals surface area contributed by atoms with E-state index in [2.05, 4.69) is 25.3 Å². The van der Waals surface area contributed by atoms with Crippen molar-refractivity contribution in [1.29, 1.82) is 0 Å². The van der Waals surface area contributed by atoms with Gasteiger partial charge in [0.15, 0.2) is 0 Å². The first-order chi connectivity index (χ1) is 10.6. The van der Waals surface area contributed by atoms with Crippen LogP contribution in [0.5, 0.6) is 0 Å². The second kappa shape index (κ2) is 5.74. The zero-order valence-corrected chi connectivity index (χ0v) is 12.6. The highest BCUT2D eigenvalue weighted by Crippen LogP contribution is 2.24. The van der Waals surface area contributed by atoms with Crippen molar-refractivity contribution >= 4 is 27.3 Å². The first kappa shape index (κ1) is 14.5. The first-order valence-corrected chi connectivity index (χ1v) is 8.03. The van der Waals surface area contributed by atoms with Crippen molar-refractivity contribution in [2.75, 3.05) is 4.72 Å². The van der Waals surface area contributed by atoms with Crippen molar-refractivity contribution in [2.45, 2.75) is 4.90 Å². The Morgan fingerprint density at radius 1 is 1.05 bits per heavy atom. The molecule has 0 atom stereocenters. The van der Waals surface area contributed by atoms with Crippen molar-refractivity contribution < 1.29 is 8.42 Å². The van der Waals surface area contributed by atoms with E-state index in [-0.39, 0.29) is 9.92 Å². The number of sulfonamides is 1. The lowest BCUT2D eigenvalue weighted by Gasteiger charge is -2.09. The SMILES string of the molecule is O=S(=O)(Nc1ccc(-c2nn[nH]n2)cc1)c1ccccc1Cl. The molecule has 9 heteroatoms. The molecular weight excluding hydrogens is 326 g/mol. The van der Waals surface area contributed by atoms with Crippen molar-refractivity contribution in [2.24, 2.45) is 0 Å². The van der Waals surface area contributed by atoms with Crippen molar-refractivity contribution in [3.8, 4) is 11.4 Å². The van der Waals surface area contributed by atoms with E-state index in [1.165, 1.54) is 12.1 Å². The lowest BCUT2D eigenvalue weighted by Crippen LogP contribution is -2.13. The fraction of sp³-hybridized carbons (Fsp3) is 0. The average molecular weight is 336 g/mol. The number of halogens is 1. The molecule has 3 aromatic rings. The highest BCUT2D eigenvalue weighted by molar-refractivity contribution is 7.92. The van der Waals surface area contributed by atoms with Gasteiger partial charge in [0, 0.05) is 11.3 Å². The monoisotopic (exact) mass is 335 g/mol. The number of aromatic amines is 1. The molecule has 0 amide bonds. The Balaban J connectivity index is 1.86. The second-order valence-electron chi connectivity index (χ2n) is 4.35. The van der Waals surface area contributed by atoms with Crippen LogP contribution >= 0.6 is 11.6 Å². The number of H-pyrrole nitrogens is 1. The summed E-state index contributed by atoms with van der Waals surface area (Å²) in [7, 11) is -3.74. The van der Waals surface area contributed by atoms with E-state index < -0.39 is 10.0 Å². The van der Waals surface area contributed by atoms with Crippen LogP contribution in [-0.4, -0.2) is 29.0 Å². The van der Waals surface area contributed by atoms with Gasteiger partial charge in [0.05, 0.1) is 5.02 Å². The van der Waals surface area contributed by atoms with E-state index in [4.69, 9.17) is 11.6 Å². The van der Waals surface area contributed by atoms with Gasteiger partial charge in [-0.15, -0.1) is 10.2 Å². The zero-order chi connectivity index (χ0) is 15.6. The van der Waals surface area contributed by atoms with Crippen LogP contribution in [0.15, 0.2) is 53.4 Å². The third-order valence-corrected chi connectivity index (χ3v) is 4.75. The fourth-order valence-electron chi connectivity index (χ4n) is 1.84. The summed E-state index contributed by atoms with van der Waals surface area (Å²) in [6, 6.07) is 12.8. The zero-order valence-electron chi connectivity index (χ0n) is 11.1. The van der Waals surface area contributed by atoms with Gasteiger partial charge in [-0.05, 0) is 41.6 Å². The Bertz CT molecular complexity index is 879. The maximum absolute atomic E-state index is 12.3. The van der Waals surface area contributed by atoms with Gasteiger partial charge in [-0.1, -0.05) is 23.7 Å². The molecule has 2 aromatic carbocycles. The van der Waals surface area contributed by atoms with Gasteiger partial charge in [-0.3, -0.25) is 4.72 Å². The molecule has 0 aliphatic carbocycles. The van der Waals surface area contributed by atoms with Crippen LogP contribution in [0.25, 0.3) is 11.4 Å². The van der Waals surface area contributed by atoms with E-state index in [0.717, 1.165) is 5.56 Å². The lowest BCUT2D eigenvalue weighted by atomic mass is 10.2. The lowest BCUT2D eigenvalue weighted by molar-refractivity contribution is 0.601. The van der Waals surface area contributed by atoms with Gasteiger partial charge in [-0.25, -0.2) is 8.42 Å². The highest BCUT2D eigenvalue weighted by Gasteiger charge is 2.17. The predicted octanol–water partition coefficient (Wildman–Crippen LogP) is 2.32. The standard InChI is InChI=1S/C13H10ClN5O2S/c14-11-3-1-2-4-12(11)22(20,21)17-10-7-5-9(6-8-10)13-15-18-19-16-13/h1-8,17H,(H,15,16,18,19). The molecule has 0 unspecified atom stereocenters. The summed E-state index contributed by atoms with van der Waals surface area (Å²) >= 11 is 5.92. The summed E-state index contributed by atoms with van der Waals surface area (Å²) in [6.45, 7) is 0. The molecule has 0 bridgehead atoms. The molecule has 7 nitrogen and oxygen atoms in total. The average Bonchev–Trinajstić information content (AvgIpc) is 3.02. The molecule has 1 heterocycles. The van der Waals surface area contributed by atoms with Crippen LogP contribution in [-0.2, 0) is 10.0 Å². The van der Waals surface area contributed by atoms with Crippen molar-refractivity contribution in [3.05, 3.63) is 53.6 Å². The normalized spacial score (nSPS) is 11.3. The van der Waals surface area contributed by atoms with E-state index in [1.807, 2.05) is 0 Å². The van der Waals surface area contributed by atoms with Crippen LogP contribution in [0.1, 0.15) is 0 Å². The Labute approximate surface area is 131 Å². The quantitative estimate of drug-likeness (QED) is 0.762. The summed E-state index contributed by atoms with van der Waals surface area (Å²) in [5.74, 6) is 0.431.